The molecule has 0 saturated carbocycles. The molecule has 0 spiro atoms. The number of benzene rings is 1. The first-order chi connectivity index (χ1) is 11.6. The Balaban J connectivity index is 1.84. The SMILES string of the molecule is C[C@@](O)(C(=O)N1CCc2c(cnn2-c2ccc(F)cc2)C1)C(F)(F)F. The highest BCUT2D eigenvalue weighted by Gasteiger charge is 2.57. The average Bonchev–Trinajstić information content (AvgIpc) is 2.97. The van der Waals surface area contributed by atoms with Gasteiger partial charge in [0.15, 0.2) is 0 Å². The van der Waals surface area contributed by atoms with Gasteiger partial charge in [0, 0.05) is 25.1 Å². The molecule has 2 heterocycles. The van der Waals surface area contributed by atoms with Crippen molar-refractivity contribution < 1.29 is 27.5 Å². The van der Waals surface area contributed by atoms with Gasteiger partial charge in [-0.05, 0) is 31.2 Å². The lowest BCUT2D eigenvalue weighted by Gasteiger charge is -2.34. The summed E-state index contributed by atoms with van der Waals surface area (Å²) in [4.78, 5) is 13.0. The summed E-state index contributed by atoms with van der Waals surface area (Å²) in [7, 11) is 0. The predicted molar refractivity (Wildman–Crippen MR) is 79.3 cm³/mol. The molecule has 1 aromatic heterocycles. The lowest BCUT2D eigenvalue weighted by molar-refractivity contribution is -0.250. The van der Waals surface area contributed by atoms with E-state index in [4.69, 9.17) is 0 Å². The van der Waals surface area contributed by atoms with Crippen LogP contribution in [0.5, 0.6) is 0 Å². The number of aromatic nitrogens is 2. The second-order valence-corrected chi connectivity index (χ2v) is 6.05. The number of hydrogen-bond donors (Lipinski definition) is 1. The van der Waals surface area contributed by atoms with Crippen LogP contribution in [0.2, 0.25) is 0 Å². The van der Waals surface area contributed by atoms with Gasteiger partial charge >= 0.3 is 6.18 Å². The summed E-state index contributed by atoms with van der Waals surface area (Å²) in [6, 6.07) is 5.63. The van der Waals surface area contributed by atoms with E-state index in [1.54, 1.807) is 4.68 Å². The van der Waals surface area contributed by atoms with Crippen LogP contribution in [0.3, 0.4) is 0 Å². The average molecular weight is 357 g/mol. The quantitative estimate of drug-likeness (QED) is 0.839. The van der Waals surface area contributed by atoms with Crippen LogP contribution in [-0.4, -0.2) is 44.0 Å². The third-order valence-corrected chi connectivity index (χ3v) is 4.26. The molecule has 0 fully saturated rings. The van der Waals surface area contributed by atoms with Crippen molar-refractivity contribution >= 4 is 5.91 Å². The van der Waals surface area contributed by atoms with E-state index in [0.717, 1.165) is 10.6 Å². The van der Waals surface area contributed by atoms with Crippen LogP contribution in [0.25, 0.3) is 5.69 Å². The first kappa shape index (κ1) is 17.4. The molecule has 9 heteroatoms. The molecule has 0 unspecified atom stereocenters. The fourth-order valence-electron chi connectivity index (χ4n) is 2.74. The smallest absolute Gasteiger partial charge is 0.373 e. The van der Waals surface area contributed by atoms with E-state index < -0.39 is 23.5 Å². The van der Waals surface area contributed by atoms with E-state index in [9.17, 15) is 27.5 Å². The van der Waals surface area contributed by atoms with Crippen molar-refractivity contribution in [2.24, 2.45) is 0 Å². The standard InChI is InChI=1S/C16H15F4N3O2/c1-15(25,16(18,19)20)14(24)22-7-6-13-10(9-22)8-21-23(13)12-4-2-11(17)3-5-12/h2-5,8,25H,6-7,9H2,1H3/t15-/m1/s1. The third-order valence-electron chi connectivity index (χ3n) is 4.26. The van der Waals surface area contributed by atoms with Crippen molar-refractivity contribution in [3.63, 3.8) is 0 Å². The lowest BCUT2D eigenvalue weighted by atomic mass is 10.0. The van der Waals surface area contributed by atoms with Crippen LogP contribution in [0, 0.1) is 5.82 Å². The maximum atomic E-state index is 13.0. The van der Waals surface area contributed by atoms with E-state index in [2.05, 4.69) is 5.10 Å². The summed E-state index contributed by atoms with van der Waals surface area (Å²) in [6.45, 7) is 0.388. The van der Waals surface area contributed by atoms with Crippen LogP contribution in [0.15, 0.2) is 30.5 Å². The highest BCUT2D eigenvalue weighted by Crippen LogP contribution is 2.33. The van der Waals surface area contributed by atoms with Crippen molar-refractivity contribution in [2.45, 2.75) is 31.7 Å². The molecule has 0 radical (unpaired) electrons. The number of alkyl halides is 3. The predicted octanol–water partition coefficient (Wildman–Crippen LogP) is 2.21. The van der Waals surface area contributed by atoms with E-state index >= 15 is 0 Å². The molecule has 1 aliphatic heterocycles. The van der Waals surface area contributed by atoms with Crippen molar-refractivity contribution in [3.05, 3.63) is 47.5 Å². The molecule has 0 saturated heterocycles. The Hall–Kier alpha value is -2.42. The van der Waals surface area contributed by atoms with E-state index in [1.165, 1.54) is 30.5 Å². The van der Waals surface area contributed by atoms with Crippen LogP contribution in [0.1, 0.15) is 18.2 Å². The van der Waals surface area contributed by atoms with Gasteiger partial charge in [0.1, 0.15) is 5.82 Å². The highest BCUT2D eigenvalue weighted by molar-refractivity contribution is 5.85. The second-order valence-electron chi connectivity index (χ2n) is 6.05. The van der Waals surface area contributed by atoms with Gasteiger partial charge in [-0.15, -0.1) is 0 Å². The van der Waals surface area contributed by atoms with Crippen LogP contribution in [0.4, 0.5) is 17.6 Å². The summed E-state index contributed by atoms with van der Waals surface area (Å²) in [5.41, 5.74) is -1.49. The maximum absolute atomic E-state index is 13.0. The zero-order valence-corrected chi connectivity index (χ0v) is 13.2. The number of nitrogens with zero attached hydrogens (tertiary/aromatic N) is 3. The Morgan fingerprint density at radius 3 is 2.48 bits per heavy atom. The Kier molecular flexibility index (Phi) is 4.06. The number of halogens is 4. The molecule has 1 N–H and O–H groups in total. The van der Waals surface area contributed by atoms with Crippen molar-refractivity contribution in [2.75, 3.05) is 6.54 Å². The van der Waals surface area contributed by atoms with Crippen LogP contribution >= 0.6 is 0 Å². The largest absolute Gasteiger partial charge is 0.426 e. The molecule has 0 bridgehead atoms. The van der Waals surface area contributed by atoms with Crippen molar-refractivity contribution in [3.8, 4) is 5.69 Å². The lowest BCUT2D eigenvalue weighted by Crippen LogP contribution is -2.56. The monoisotopic (exact) mass is 357 g/mol. The molecule has 1 aromatic carbocycles. The highest BCUT2D eigenvalue weighted by atomic mass is 19.4. The summed E-state index contributed by atoms with van der Waals surface area (Å²) in [5, 5.41) is 13.7. The van der Waals surface area contributed by atoms with Gasteiger partial charge < -0.3 is 10.0 Å². The molecule has 1 aliphatic rings. The van der Waals surface area contributed by atoms with Gasteiger partial charge in [-0.2, -0.15) is 18.3 Å². The maximum Gasteiger partial charge on any atom is 0.426 e. The number of carbonyl (C=O) groups is 1. The Bertz CT molecular complexity index is 797. The topological polar surface area (TPSA) is 58.4 Å². The zero-order valence-electron chi connectivity index (χ0n) is 13.2. The Morgan fingerprint density at radius 1 is 1.24 bits per heavy atom. The molecule has 2 aromatic rings. The summed E-state index contributed by atoms with van der Waals surface area (Å²) < 4.78 is 53.1. The molecule has 1 amide bonds. The van der Waals surface area contributed by atoms with Crippen molar-refractivity contribution in [1.82, 2.24) is 14.7 Å². The molecular formula is C16H15F4N3O2. The fraction of sp³-hybridized carbons (Fsp3) is 0.375. The number of rotatable bonds is 2. The van der Waals surface area contributed by atoms with Gasteiger partial charge in [-0.25, -0.2) is 9.07 Å². The molecule has 1 atom stereocenters. The number of fused-ring (bicyclic) bond motifs is 1. The first-order valence-electron chi connectivity index (χ1n) is 7.51. The molecule has 134 valence electrons. The van der Waals surface area contributed by atoms with Gasteiger partial charge in [0.05, 0.1) is 17.6 Å². The second kappa shape index (κ2) is 5.83. The van der Waals surface area contributed by atoms with Gasteiger partial charge in [-0.1, -0.05) is 0 Å². The Labute approximate surface area is 140 Å². The zero-order chi connectivity index (χ0) is 18.4. The summed E-state index contributed by atoms with van der Waals surface area (Å²) in [5.74, 6) is -1.78. The molecule has 5 nitrogen and oxygen atoms in total. The number of hydrogen-bond acceptors (Lipinski definition) is 3. The van der Waals surface area contributed by atoms with Gasteiger partial charge in [0.25, 0.3) is 5.91 Å². The molecule has 3 rings (SSSR count). The molecular weight excluding hydrogens is 342 g/mol. The van der Waals surface area contributed by atoms with Crippen LogP contribution < -0.4 is 0 Å². The van der Waals surface area contributed by atoms with Gasteiger partial charge in [-0.3, -0.25) is 4.79 Å². The van der Waals surface area contributed by atoms with Gasteiger partial charge in [0.2, 0.25) is 5.60 Å². The first-order valence-corrected chi connectivity index (χ1v) is 7.51. The molecule has 0 aliphatic carbocycles. The minimum absolute atomic E-state index is 0.0188. The minimum atomic E-state index is -5.05. The normalized spacial score (nSPS) is 17.1. The van der Waals surface area contributed by atoms with Crippen LogP contribution in [-0.2, 0) is 17.8 Å². The van der Waals surface area contributed by atoms with E-state index in [1.807, 2.05) is 0 Å². The number of amides is 1. The summed E-state index contributed by atoms with van der Waals surface area (Å²) >= 11 is 0. The van der Waals surface area contributed by atoms with Crippen molar-refractivity contribution in [1.29, 1.82) is 0 Å². The fourth-order valence-corrected chi connectivity index (χ4v) is 2.74. The Morgan fingerprint density at radius 2 is 1.88 bits per heavy atom. The van der Waals surface area contributed by atoms with E-state index in [-0.39, 0.29) is 19.5 Å². The third kappa shape index (κ3) is 2.99. The summed E-state index contributed by atoms with van der Waals surface area (Å²) in [6.07, 6.45) is -3.32. The van der Waals surface area contributed by atoms with E-state index in [0.29, 0.717) is 18.2 Å². The molecule has 25 heavy (non-hydrogen) atoms. The number of carbonyl (C=O) groups excluding carboxylic acids is 1. The number of aliphatic hydroxyl groups is 1. The minimum Gasteiger partial charge on any atom is -0.373 e.